The predicted octanol–water partition coefficient (Wildman–Crippen LogP) is 18.1. The lowest BCUT2D eigenvalue weighted by Gasteiger charge is -2.11. The smallest absolute Gasteiger partial charge is 0.485 e. The van der Waals surface area contributed by atoms with Gasteiger partial charge in [0, 0.05) is 0 Å². The highest BCUT2D eigenvalue weighted by molar-refractivity contribution is 7.97. The molecule has 0 amide bonds. The number of alkyl halides is 3. The summed E-state index contributed by atoms with van der Waals surface area (Å²) in [6, 6.07) is 28.7. The molecule has 0 aliphatic rings. The van der Waals surface area contributed by atoms with E-state index in [1.165, 1.54) is 207 Å². The van der Waals surface area contributed by atoms with E-state index in [9.17, 15) is 13.2 Å². The number of benzene rings is 3. The van der Waals surface area contributed by atoms with Gasteiger partial charge in [-0.25, -0.2) is 8.42 Å². The van der Waals surface area contributed by atoms with E-state index in [1.807, 2.05) is 0 Å². The average Bonchev–Trinajstić information content (AvgIpc) is 3.29. The van der Waals surface area contributed by atoms with Crippen molar-refractivity contribution in [3.8, 4) is 11.5 Å². The number of ether oxygens (including phenoxy) is 2. The predicted molar refractivity (Wildman–Crippen MR) is 267 cm³/mol. The van der Waals surface area contributed by atoms with Gasteiger partial charge in [0.2, 0.25) is 0 Å². The van der Waals surface area contributed by atoms with Crippen molar-refractivity contribution in [2.45, 2.75) is 240 Å². The zero-order chi connectivity index (χ0) is 47.1. The molecule has 0 saturated carbocycles. The van der Waals surface area contributed by atoms with Crippen LogP contribution in [-0.2, 0) is 21.0 Å². The van der Waals surface area contributed by atoms with Crippen molar-refractivity contribution in [2.24, 2.45) is 0 Å². The molecule has 0 unspecified atom stereocenters. The van der Waals surface area contributed by atoms with Crippen LogP contribution in [0.25, 0.3) is 0 Å². The molecule has 0 heterocycles. The molecule has 0 atom stereocenters. The second-order valence-electron chi connectivity index (χ2n) is 17.8. The lowest BCUT2D eigenvalue weighted by atomic mass is 10.0. The fraction of sp³-hybridized carbons (Fsp3) is 0.673. The van der Waals surface area contributed by atoms with Gasteiger partial charge in [-0.15, -0.1) is 0 Å². The number of hydrogen-bond acceptors (Lipinski definition) is 5. The molecular weight excluding hydrogens is 862 g/mol. The Labute approximate surface area is 397 Å². The van der Waals surface area contributed by atoms with Crippen molar-refractivity contribution < 1.29 is 35.6 Å². The van der Waals surface area contributed by atoms with E-state index in [2.05, 4.69) is 92.7 Å². The van der Waals surface area contributed by atoms with Crippen molar-refractivity contribution >= 4 is 21.0 Å². The van der Waals surface area contributed by atoms with Crippen LogP contribution in [0.3, 0.4) is 0 Å². The van der Waals surface area contributed by atoms with Gasteiger partial charge in [0.25, 0.3) is 0 Å². The van der Waals surface area contributed by atoms with Crippen LogP contribution in [0.1, 0.15) is 219 Å². The second-order valence-corrected chi connectivity index (χ2v) is 21.2. The summed E-state index contributed by atoms with van der Waals surface area (Å²) >= 11 is 0. The Balaban J connectivity index is 0.00000165. The highest BCUT2D eigenvalue weighted by Crippen LogP contribution is 2.33. The molecule has 0 aromatic heterocycles. The topological polar surface area (TPSA) is 75.7 Å². The molecule has 65 heavy (non-hydrogen) atoms. The fourth-order valence-corrected chi connectivity index (χ4v) is 10.1. The Kier molecular flexibility index (Phi) is 34.4. The van der Waals surface area contributed by atoms with Gasteiger partial charge in [0.15, 0.2) is 24.8 Å². The molecule has 5 nitrogen and oxygen atoms in total. The molecular formula is C55H87F3O5S2. The summed E-state index contributed by atoms with van der Waals surface area (Å²) in [7, 11) is -6.27. The summed E-state index contributed by atoms with van der Waals surface area (Å²) in [5.74, 6) is 1.96. The van der Waals surface area contributed by atoms with Crippen molar-refractivity contribution in [1.29, 1.82) is 0 Å². The summed E-state index contributed by atoms with van der Waals surface area (Å²) in [4.78, 5) is 3.97. The van der Waals surface area contributed by atoms with E-state index in [-0.39, 0.29) is 10.9 Å². The van der Waals surface area contributed by atoms with Crippen LogP contribution in [0.15, 0.2) is 93.5 Å². The Morgan fingerprint density at radius 3 is 0.877 bits per heavy atom. The molecule has 370 valence electrons. The first-order valence-electron chi connectivity index (χ1n) is 25.8. The zero-order valence-corrected chi connectivity index (χ0v) is 42.2. The Hall–Kier alpha value is -2.69. The number of unbranched alkanes of at least 4 members (excludes halogenated alkanes) is 30. The molecule has 0 aliphatic heterocycles. The van der Waals surface area contributed by atoms with Crippen LogP contribution < -0.4 is 9.47 Å². The largest absolute Gasteiger partial charge is 0.741 e. The van der Waals surface area contributed by atoms with Gasteiger partial charge in [-0.3, -0.25) is 0 Å². The molecule has 0 saturated heterocycles. The van der Waals surface area contributed by atoms with E-state index >= 15 is 0 Å². The molecule has 3 rings (SSSR count). The maximum atomic E-state index is 10.7. The minimum atomic E-state index is -6.09. The fourth-order valence-electron chi connectivity index (χ4n) is 7.99. The third-order valence-corrected chi connectivity index (χ3v) is 14.7. The first kappa shape index (κ1) is 58.4. The van der Waals surface area contributed by atoms with Gasteiger partial charge >= 0.3 is 5.51 Å². The molecule has 0 bridgehead atoms. The minimum absolute atomic E-state index is 0.179. The standard InChI is InChI=1S/C54H87O2S.CHF3O3S/c1-3-5-7-9-11-13-15-17-19-21-23-25-27-29-31-36-48-55-50-40-44-53(45-41-50)57(52-38-34-33-35-39-52)54-46-42-51(43-47-54)56-49-37-32-30-28-26-24-22-20-18-16-14-12-10-8-6-4-2;2-1(3,4)8(5,6)7/h33-35,38-47H,3-32,36-37,48-49H2,1-2H3;(H,5,6,7)/q+1;/p-1. The van der Waals surface area contributed by atoms with Crippen molar-refractivity contribution in [2.75, 3.05) is 13.2 Å². The quantitative estimate of drug-likeness (QED) is 0.0246. The SMILES string of the molecule is CCCCCCCCCCCCCCCCCCOc1ccc([S+](c2ccccc2)c2ccc(OCCCCCCCCCCCCCCCCCC)cc2)cc1.O=S(=O)([O-])C(F)(F)F. The van der Waals surface area contributed by atoms with Gasteiger partial charge in [0.05, 0.1) is 24.1 Å². The molecule has 10 heteroatoms. The van der Waals surface area contributed by atoms with Gasteiger partial charge in [0.1, 0.15) is 11.5 Å². The molecule has 3 aromatic carbocycles. The number of halogens is 3. The minimum Gasteiger partial charge on any atom is -0.741 e. The first-order chi connectivity index (χ1) is 31.6. The van der Waals surface area contributed by atoms with Crippen LogP contribution in [0.4, 0.5) is 13.2 Å². The van der Waals surface area contributed by atoms with Crippen LogP contribution in [0, 0.1) is 0 Å². The number of hydrogen-bond donors (Lipinski definition) is 0. The van der Waals surface area contributed by atoms with Crippen molar-refractivity contribution in [3.63, 3.8) is 0 Å². The molecule has 0 spiro atoms. The lowest BCUT2D eigenvalue weighted by molar-refractivity contribution is -0.0517. The Bertz CT molecular complexity index is 1540. The molecule has 0 radical (unpaired) electrons. The maximum Gasteiger partial charge on any atom is 0.485 e. The molecule has 0 N–H and O–H groups in total. The summed E-state index contributed by atoms with van der Waals surface area (Å²) in [6.07, 6.45) is 44.6. The van der Waals surface area contributed by atoms with Gasteiger partial charge in [-0.1, -0.05) is 225 Å². The van der Waals surface area contributed by atoms with E-state index in [0.29, 0.717) is 0 Å². The van der Waals surface area contributed by atoms with Crippen LogP contribution in [0.2, 0.25) is 0 Å². The number of rotatable bonds is 39. The van der Waals surface area contributed by atoms with E-state index in [0.717, 1.165) is 37.6 Å². The van der Waals surface area contributed by atoms with Gasteiger partial charge in [-0.2, -0.15) is 13.2 Å². The van der Waals surface area contributed by atoms with Crippen molar-refractivity contribution in [1.82, 2.24) is 0 Å². The third kappa shape index (κ3) is 30.3. The zero-order valence-electron chi connectivity index (χ0n) is 40.5. The van der Waals surface area contributed by atoms with E-state index in [4.69, 9.17) is 22.4 Å². The van der Waals surface area contributed by atoms with E-state index < -0.39 is 15.6 Å². The van der Waals surface area contributed by atoms with Gasteiger partial charge < -0.3 is 14.0 Å². The molecule has 0 fully saturated rings. The monoisotopic (exact) mass is 949 g/mol. The van der Waals surface area contributed by atoms with E-state index in [1.54, 1.807) is 0 Å². The van der Waals surface area contributed by atoms with Crippen LogP contribution >= 0.6 is 0 Å². The first-order valence-corrected chi connectivity index (χ1v) is 28.5. The third-order valence-electron chi connectivity index (χ3n) is 11.9. The highest BCUT2D eigenvalue weighted by atomic mass is 32.2. The van der Waals surface area contributed by atoms with Crippen molar-refractivity contribution in [3.05, 3.63) is 78.9 Å². The average molecular weight is 949 g/mol. The summed E-state index contributed by atoms with van der Waals surface area (Å²) in [6.45, 7) is 6.22. The molecule has 3 aromatic rings. The maximum absolute atomic E-state index is 10.7. The Morgan fingerprint density at radius 2 is 0.631 bits per heavy atom. The van der Waals surface area contributed by atoms with Crippen LogP contribution in [0.5, 0.6) is 11.5 Å². The Morgan fingerprint density at radius 1 is 0.400 bits per heavy atom. The summed E-state index contributed by atoms with van der Waals surface area (Å²) in [5.41, 5.74) is -5.65. The van der Waals surface area contributed by atoms with Crippen LogP contribution in [-0.4, -0.2) is 31.7 Å². The highest BCUT2D eigenvalue weighted by Gasteiger charge is 2.37. The molecule has 0 aliphatic carbocycles. The lowest BCUT2D eigenvalue weighted by Crippen LogP contribution is -2.21. The van der Waals surface area contributed by atoms with Gasteiger partial charge in [-0.05, 0) is 73.5 Å². The summed E-state index contributed by atoms with van der Waals surface area (Å²) in [5, 5.41) is 0. The second kappa shape index (κ2) is 38.3. The normalized spacial score (nSPS) is 11.7. The summed E-state index contributed by atoms with van der Waals surface area (Å²) < 4.78 is 71.3.